The van der Waals surface area contributed by atoms with Crippen molar-refractivity contribution in [1.29, 1.82) is 0 Å². The molecule has 0 spiro atoms. The average Bonchev–Trinajstić information content (AvgIpc) is 2.99. The van der Waals surface area contributed by atoms with Gasteiger partial charge in [-0.2, -0.15) is 0 Å². The summed E-state index contributed by atoms with van der Waals surface area (Å²) in [6.45, 7) is 4.37. The monoisotopic (exact) mass is 566 g/mol. The SMILES string of the molecule is CCCC1=C(C(=O)OCCCOc2ccc(CCCO)cc2)C(c2cccc([N+](=O)[O-])c2)C(C(=O)OC)C(CC)=N1. The van der Waals surface area contributed by atoms with Gasteiger partial charge in [-0.15, -0.1) is 0 Å². The number of hydrogen-bond donors (Lipinski definition) is 1. The summed E-state index contributed by atoms with van der Waals surface area (Å²) >= 11 is 0. The zero-order valence-corrected chi connectivity index (χ0v) is 23.8. The molecule has 0 aromatic heterocycles. The van der Waals surface area contributed by atoms with E-state index in [0.717, 1.165) is 12.0 Å². The van der Waals surface area contributed by atoms with Crippen LogP contribution in [-0.4, -0.2) is 54.6 Å². The minimum absolute atomic E-state index is 0.0746. The zero-order chi connectivity index (χ0) is 29.8. The maximum Gasteiger partial charge on any atom is 0.336 e. The molecular formula is C31H38N2O8. The number of benzene rings is 2. The highest BCUT2D eigenvalue weighted by Gasteiger charge is 2.44. The molecule has 0 radical (unpaired) electrons. The van der Waals surface area contributed by atoms with Gasteiger partial charge in [0.15, 0.2) is 0 Å². The maximum absolute atomic E-state index is 13.6. The van der Waals surface area contributed by atoms with Gasteiger partial charge >= 0.3 is 11.9 Å². The lowest BCUT2D eigenvalue weighted by atomic mass is 9.74. The van der Waals surface area contributed by atoms with E-state index in [4.69, 9.17) is 24.3 Å². The Labute approximate surface area is 240 Å². The normalized spacial score (nSPS) is 16.6. The number of aliphatic imine (C=N–C) groups is 1. The number of hydrogen-bond acceptors (Lipinski definition) is 9. The molecule has 2 atom stereocenters. The molecule has 3 rings (SSSR count). The van der Waals surface area contributed by atoms with Gasteiger partial charge in [0.1, 0.15) is 11.7 Å². The van der Waals surface area contributed by atoms with Crippen LogP contribution in [0.15, 0.2) is 64.8 Å². The lowest BCUT2D eigenvalue weighted by Crippen LogP contribution is -2.37. The smallest absolute Gasteiger partial charge is 0.336 e. The first kappa shape index (κ1) is 31.5. The van der Waals surface area contributed by atoms with Gasteiger partial charge in [-0.05, 0) is 48.9 Å². The Morgan fingerprint density at radius 1 is 1.05 bits per heavy atom. The van der Waals surface area contributed by atoms with Crippen molar-refractivity contribution in [3.63, 3.8) is 0 Å². The second-order valence-corrected chi connectivity index (χ2v) is 9.71. The number of aliphatic hydroxyl groups excluding tert-OH is 1. The molecule has 220 valence electrons. The van der Waals surface area contributed by atoms with E-state index >= 15 is 0 Å². The van der Waals surface area contributed by atoms with Crippen LogP contribution in [0.4, 0.5) is 5.69 Å². The second-order valence-electron chi connectivity index (χ2n) is 9.71. The Morgan fingerprint density at radius 3 is 2.44 bits per heavy atom. The quantitative estimate of drug-likeness (QED) is 0.132. The molecule has 10 nitrogen and oxygen atoms in total. The molecule has 1 aliphatic heterocycles. The first-order valence-corrected chi connectivity index (χ1v) is 14.0. The summed E-state index contributed by atoms with van der Waals surface area (Å²) in [7, 11) is 1.27. The van der Waals surface area contributed by atoms with Crippen LogP contribution in [0.2, 0.25) is 0 Å². The third-order valence-electron chi connectivity index (χ3n) is 6.89. The summed E-state index contributed by atoms with van der Waals surface area (Å²) in [5, 5.41) is 20.5. The van der Waals surface area contributed by atoms with Gasteiger partial charge in [0, 0.05) is 36.8 Å². The van der Waals surface area contributed by atoms with Crippen LogP contribution >= 0.6 is 0 Å². The van der Waals surface area contributed by atoms with E-state index in [1.165, 1.54) is 25.3 Å². The van der Waals surface area contributed by atoms with Crippen LogP contribution in [-0.2, 0) is 25.5 Å². The number of rotatable bonds is 15. The molecule has 1 heterocycles. The van der Waals surface area contributed by atoms with E-state index in [0.29, 0.717) is 61.4 Å². The molecule has 2 unspecified atom stereocenters. The number of allylic oxidation sites excluding steroid dienone is 1. The maximum atomic E-state index is 13.6. The lowest BCUT2D eigenvalue weighted by Gasteiger charge is -2.32. The van der Waals surface area contributed by atoms with E-state index in [9.17, 15) is 19.7 Å². The van der Waals surface area contributed by atoms with Crippen molar-refractivity contribution in [3.05, 3.63) is 81.0 Å². The molecule has 0 amide bonds. The number of methoxy groups -OCH3 is 1. The van der Waals surface area contributed by atoms with Crippen molar-refractivity contribution in [3.8, 4) is 5.75 Å². The number of nitrogens with zero attached hydrogens (tertiary/aromatic N) is 2. The van der Waals surface area contributed by atoms with Crippen LogP contribution in [0.3, 0.4) is 0 Å². The van der Waals surface area contributed by atoms with Gasteiger partial charge in [0.25, 0.3) is 5.69 Å². The minimum atomic E-state index is -0.918. The third kappa shape index (κ3) is 8.23. The topological polar surface area (TPSA) is 138 Å². The summed E-state index contributed by atoms with van der Waals surface area (Å²) in [5.74, 6) is -2.26. The van der Waals surface area contributed by atoms with Crippen LogP contribution < -0.4 is 4.74 Å². The fraction of sp³-hybridized carbons (Fsp3) is 0.452. The number of non-ortho nitro benzene ring substituents is 1. The number of nitro groups is 1. The number of ether oxygens (including phenoxy) is 3. The van der Waals surface area contributed by atoms with Crippen LogP contribution in [0.1, 0.15) is 63.0 Å². The van der Waals surface area contributed by atoms with Crippen molar-refractivity contribution in [2.45, 2.75) is 58.3 Å². The predicted octanol–water partition coefficient (Wildman–Crippen LogP) is 5.32. The van der Waals surface area contributed by atoms with Crippen molar-refractivity contribution in [2.24, 2.45) is 10.9 Å². The highest BCUT2D eigenvalue weighted by molar-refractivity contribution is 6.07. The molecule has 0 aliphatic carbocycles. The summed E-state index contributed by atoms with van der Waals surface area (Å²) in [6, 6.07) is 13.6. The van der Waals surface area contributed by atoms with Gasteiger partial charge in [0.05, 0.1) is 36.5 Å². The third-order valence-corrected chi connectivity index (χ3v) is 6.89. The van der Waals surface area contributed by atoms with Gasteiger partial charge in [-0.3, -0.25) is 19.9 Å². The number of nitro benzene ring substituents is 1. The van der Waals surface area contributed by atoms with E-state index in [1.54, 1.807) is 6.07 Å². The molecule has 2 aromatic carbocycles. The largest absolute Gasteiger partial charge is 0.493 e. The van der Waals surface area contributed by atoms with E-state index in [1.807, 2.05) is 38.1 Å². The first-order valence-electron chi connectivity index (χ1n) is 14.0. The number of carbonyl (C=O) groups excluding carboxylic acids is 2. The molecule has 1 aliphatic rings. The standard InChI is InChI=1S/C31H38N2O8/c1-4-9-26-29(31(36)41-19-8-18-40-24-15-13-21(14-16-24)10-7-17-34)27(22-11-6-12-23(20-22)33(37)38)28(30(35)39-3)25(5-2)32-26/h6,11-16,20,27-28,34H,4-5,7-10,17-19H2,1-3H3. The lowest BCUT2D eigenvalue weighted by molar-refractivity contribution is -0.384. The van der Waals surface area contributed by atoms with E-state index in [-0.39, 0.29) is 24.5 Å². The number of aryl methyl sites for hydroxylation is 1. The zero-order valence-electron chi connectivity index (χ0n) is 23.8. The van der Waals surface area contributed by atoms with Crippen LogP contribution in [0.5, 0.6) is 5.75 Å². The average molecular weight is 567 g/mol. The molecule has 0 saturated carbocycles. The Bertz CT molecular complexity index is 1270. The second kappa shape index (κ2) is 15.7. The summed E-state index contributed by atoms with van der Waals surface area (Å²) in [6.07, 6.45) is 3.55. The minimum Gasteiger partial charge on any atom is -0.493 e. The summed E-state index contributed by atoms with van der Waals surface area (Å²) in [4.78, 5) is 42.4. The van der Waals surface area contributed by atoms with Crippen molar-refractivity contribution >= 4 is 23.3 Å². The Balaban J connectivity index is 1.81. The molecule has 0 saturated heterocycles. The van der Waals surface area contributed by atoms with Crippen LogP contribution in [0, 0.1) is 16.0 Å². The fourth-order valence-electron chi connectivity index (χ4n) is 4.93. The number of aliphatic hydroxyl groups is 1. The molecule has 0 bridgehead atoms. The van der Waals surface area contributed by atoms with Crippen molar-refractivity contribution in [2.75, 3.05) is 26.9 Å². The Morgan fingerprint density at radius 2 is 1.80 bits per heavy atom. The predicted molar refractivity (Wildman–Crippen MR) is 154 cm³/mol. The fourth-order valence-corrected chi connectivity index (χ4v) is 4.93. The van der Waals surface area contributed by atoms with Gasteiger partial charge in [-0.25, -0.2) is 4.79 Å². The molecule has 41 heavy (non-hydrogen) atoms. The molecule has 0 fully saturated rings. The number of carbonyl (C=O) groups is 2. The van der Waals surface area contributed by atoms with Crippen LogP contribution in [0.25, 0.3) is 0 Å². The highest BCUT2D eigenvalue weighted by atomic mass is 16.6. The molecule has 2 aromatic rings. The first-order chi connectivity index (χ1) is 19.8. The molecule has 1 N–H and O–H groups in total. The summed E-state index contributed by atoms with van der Waals surface area (Å²) in [5.41, 5.74) is 2.71. The molecular weight excluding hydrogens is 528 g/mol. The summed E-state index contributed by atoms with van der Waals surface area (Å²) < 4.78 is 16.5. The van der Waals surface area contributed by atoms with Crippen molar-refractivity contribution in [1.82, 2.24) is 0 Å². The number of esters is 2. The Hall–Kier alpha value is -4.05. The highest BCUT2D eigenvalue weighted by Crippen LogP contribution is 2.42. The van der Waals surface area contributed by atoms with E-state index < -0.39 is 28.7 Å². The van der Waals surface area contributed by atoms with Crippen molar-refractivity contribution < 1.29 is 33.8 Å². The van der Waals surface area contributed by atoms with E-state index in [2.05, 4.69) is 0 Å². The Kier molecular flexibility index (Phi) is 12.0. The molecule has 10 heteroatoms. The van der Waals surface area contributed by atoms with Gasteiger partial charge in [-0.1, -0.05) is 44.5 Å². The van der Waals surface area contributed by atoms with Gasteiger partial charge in [0.2, 0.25) is 0 Å². The van der Waals surface area contributed by atoms with Gasteiger partial charge < -0.3 is 19.3 Å².